The predicted octanol–water partition coefficient (Wildman–Crippen LogP) is 12.6. The van der Waals surface area contributed by atoms with Crippen LogP contribution in [0.4, 0.5) is 0 Å². The van der Waals surface area contributed by atoms with Crippen molar-refractivity contribution in [2.45, 2.75) is 52.8 Å². The molecule has 0 fully saturated rings. The van der Waals surface area contributed by atoms with E-state index >= 15 is 0 Å². The Hall–Kier alpha value is -4.93. The molecule has 0 saturated heterocycles. The Morgan fingerprint density at radius 3 is 2.09 bits per heavy atom. The minimum atomic E-state index is -1.34. The molecule has 5 heteroatoms. The van der Waals surface area contributed by atoms with Crippen LogP contribution in [0.2, 0.25) is 19.6 Å². The Bertz CT molecular complexity index is 2450. The molecule has 1 unspecified atom stereocenters. The van der Waals surface area contributed by atoms with Crippen molar-refractivity contribution in [3.05, 3.63) is 175 Å². The van der Waals surface area contributed by atoms with Crippen LogP contribution in [0.5, 0.6) is 0 Å². The zero-order chi connectivity index (χ0) is 37.0. The van der Waals surface area contributed by atoms with E-state index in [1.807, 2.05) is 36.5 Å². The summed E-state index contributed by atoms with van der Waals surface area (Å²) in [4.78, 5) is 9.37. The van der Waals surface area contributed by atoms with Crippen LogP contribution in [0, 0.1) is 18.1 Å². The van der Waals surface area contributed by atoms with Gasteiger partial charge in [-0.05, 0) is 69.4 Å². The standard InChI is InChI=1S/C31H22NO.C18H24NSi.Ir/c1-21(22-9-4-2-5-10-22)24-17-18-32-29(20-24)27-14-8-13-26-28-19-25(23-11-6-3-7-12-23)15-16-30(28)33-31(26)27;1-14(2)11-16-12-17(15-9-7-6-8-10-15)19-13-18(16)20(3,4)5;/h2-13,15-21H,1H3;6-9,12-14H,11H2,1-5H3;/q2*-1;. The molecule has 3 aromatic heterocycles. The van der Waals surface area contributed by atoms with E-state index in [9.17, 15) is 0 Å². The van der Waals surface area contributed by atoms with Crippen molar-refractivity contribution < 1.29 is 24.5 Å². The number of pyridine rings is 2. The summed E-state index contributed by atoms with van der Waals surface area (Å²) < 4.78 is 6.34. The molecule has 3 nitrogen and oxygen atoms in total. The van der Waals surface area contributed by atoms with Crippen molar-refractivity contribution >= 4 is 35.2 Å². The van der Waals surface area contributed by atoms with Crippen LogP contribution in [0.25, 0.3) is 55.6 Å². The van der Waals surface area contributed by atoms with Crippen molar-refractivity contribution in [3.63, 3.8) is 0 Å². The van der Waals surface area contributed by atoms with Crippen LogP contribution in [0.1, 0.15) is 43.4 Å². The van der Waals surface area contributed by atoms with E-state index in [1.165, 1.54) is 33.0 Å². The maximum Gasteiger partial charge on any atom is 0.120 e. The fraction of sp³-hybridized carbons (Fsp3) is 0.184. The van der Waals surface area contributed by atoms with Crippen LogP contribution in [-0.4, -0.2) is 18.0 Å². The maximum atomic E-state index is 6.34. The molecule has 8 aromatic rings. The molecule has 0 bridgehead atoms. The van der Waals surface area contributed by atoms with Gasteiger partial charge in [0, 0.05) is 43.8 Å². The Morgan fingerprint density at radius 1 is 0.648 bits per heavy atom. The van der Waals surface area contributed by atoms with Gasteiger partial charge in [0.15, 0.2) is 0 Å². The molecule has 0 N–H and O–H groups in total. The average Bonchev–Trinajstić information content (AvgIpc) is 3.56. The van der Waals surface area contributed by atoms with E-state index in [1.54, 1.807) is 0 Å². The van der Waals surface area contributed by atoms with Gasteiger partial charge < -0.3 is 14.4 Å². The van der Waals surface area contributed by atoms with Gasteiger partial charge in [-0.1, -0.05) is 136 Å². The van der Waals surface area contributed by atoms with Gasteiger partial charge in [0.1, 0.15) is 5.58 Å². The van der Waals surface area contributed by atoms with Gasteiger partial charge in [0.05, 0.1) is 13.7 Å². The normalized spacial score (nSPS) is 11.9. The van der Waals surface area contributed by atoms with Crippen LogP contribution in [0.3, 0.4) is 0 Å². The fourth-order valence-corrected chi connectivity index (χ4v) is 8.60. The first-order valence-electron chi connectivity index (χ1n) is 18.6. The summed E-state index contributed by atoms with van der Waals surface area (Å²) in [5.74, 6) is 0.941. The van der Waals surface area contributed by atoms with E-state index in [0.29, 0.717) is 5.92 Å². The topological polar surface area (TPSA) is 38.9 Å². The summed E-state index contributed by atoms with van der Waals surface area (Å²) >= 11 is 0. The van der Waals surface area contributed by atoms with Gasteiger partial charge in [0.25, 0.3) is 0 Å². The van der Waals surface area contributed by atoms with Gasteiger partial charge in [-0.25, -0.2) is 0 Å². The summed E-state index contributed by atoms with van der Waals surface area (Å²) in [5, 5.41) is 3.68. The molecule has 0 aliphatic heterocycles. The smallest absolute Gasteiger partial charge is 0.120 e. The minimum absolute atomic E-state index is 0. The van der Waals surface area contributed by atoms with E-state index < -0.39 is 8.07 Å². The predicted molar refractivity (Wildman–Crippen MR) is 225 cm³/mol. The van der Waals surface area contributed by atoms with Crippen LogP contribution in [0.15, 0.2) is 150 Å². The number of furan rings is 1. The number of hydrogen-bond donors (Lipinski definition) is 0. The molecular formula is C49H46IrN2OSi-2. The zero-order valence-corrected chi connectivity index (χ0v) is 35.2. The Kier molecular flexibility index (Phi) is 12.2. The quantitative estimate of drug-likeness (QED) is 0.113. The van der Waals surface area contributed by atoms with Gasteiger partial charge in [-0.15, -0.1) is 54.1 Å². The molecule has 0 aliphatic rings. The monoisotopic (exact) mass is 899 g/mol. The van der Waals surface area contributed by atoms with Crippen LogP contribution in [-0.2, 0) is 26.5 Å². The average molecular weight is 899 g/mol. The summed E-state index contributed by atoms with van der Waals surface area (Å²) in [6, 6.07) is 52.7. The molecule has 3 heterocycles. The summed E-state index contributed by atoms with van der Waals surface area (Å²) in [5.41, 5.74) is 12.0. The number of fused-ring (bicyclic) bond motifs is 3. The number of benzene rings is 5. The van der Waals surface area contributed by atoms with Gasteiger partial charge in [0.2, 0.25) is 0 Å². The van der Waals surface area contributed by atoms with Crippen molar-refractivity contribution in [1.82, 2.24) is 9.97 Å². The SMILES string of the molecule is CC(C)Cc1cc(-c2[c-]cccc2)ncc1[Si](C)(C)C.CC(c1ccccc1)c1ccnc(-c2[c-]ccc3c2oc2ccc(-c4ccccc4)cc23)c1.[Ir]. The second kappa shape index (κ2) is 17.0. The van der Waals surface area contributed by atoms with E-state index in [0.717, 1.165) is 50.9 Å². The third-order valence-corrected chi connectivity index (χ3v) is 11.9. The molecule has 5 aromatic carbocycles. The molecule has 0 aliphatic carbocycles. The number of aromatic nitrogens is 2. The van der Waals surface area contributed by atoms with E-state index in [4.69, 9.17) is 4.42 Å². The fourth-order valence-electron chi connectivity index (χ4n) is 7.01. The summed E-state index contributed by atoms with van der Waals surface area (Å²) in [6.45, 7) is 14.0. The number of hydrogen-bond acceptors (Lipinski definition) is 3. The first-order valence-corrected chi connectivity index (χ1v) is 22.1. The van der Waals surface area contributed by atoms with E-state index in [-0.39, 0.29) is 26.0 Å². The Balaban J connectivity index is 0.000000205. The maximum absolute atomic E-state index is 6.34. The summed E-state index contributed by atoms with van der Waals surface area (Å²) in [7, 11) is -1.34. The third-order valence-electron chi connectivity index (χ3n) is 9.79. The van der Waals surface area contributed by atoms with E-state index in [2.05, 4.69) is 172 Å². The molecule has 1 radical (unpaired) electrons. The van der Waals surface area contributed by atoms with Crippen molar-refractivity contribution in [2.75, 3.05) is 0 Å². The second-order valence-electron chi connectivity index (χ2n) is 15.2. The molecule has 1 atom stereocenters. The number of rotatable bonds is 8. The largest absolute Gasteiger partial charge is 0.501 e. The molecular weight excluding hydrogens is 853 g/mol. The molecule has 0 saturated carbocycles. The molecule has 54 heavy (non-hydrogen) atoms. The molecule has 273 valence electrons. The first kappa shape index (κ1) is 38.8. The van der Waals surface area contributed by atoms with Crippen LogP contribution < -0.4 is 5.19 Å². The van der Waals surface area contributed by atoms with Crippen molar-refractivity contribution in [1.29, 1.82) is 0 Å². The van der Waals surface area contributed by atoms with Gasteiger partial charge >= 0.3 is 0 Å². The molecule has 0 spiro atoms. The van der Waals surface area contributed by atoms with Crippen molar-refractivity contribution in [2.24, 2.45) is 5.92 Å². The van der Waals surface area contributed by atoms with Crippen LogP contribution >= 0.6 is 0 Å². The Morgan fingerprint density at radius 2 is 1.39 bits per heavy atom. The first-order chi connectivity index (χ1) is 25.7. The molecule has 8 rings (SSSR count). The molecule has 0 amide bonds. The third kappa shape index (κ3) is 8.71. The van der Waals surface area contributed by atoms with Gasteiger partial charge in [-0.2, -0.15) is 0 Å². The number of nitrogens with zero attached hydrogens (tertiary/aromatic N) is 2. The second-order valence-corrected chi connectivity index (χ2v) is 20.3. The minimum Gasteiger partial charge on any atom is -0.501 e. The zero-order valence-electron chi connectivity index (χ0n) is 31.9. The summed E-state index contributed by atoms with van der Waals surface area (Å²) in [6.07, 6.45) is 5.12. The van der Waals surface area contributed by atoms with Crippen molar-refractivity contribution in [3.8, 4) is 33.6 Å². The van der Waals surface area contributed by atoms with Gasteiger partial charge in [-0.3, -0.25) is 0 Å². The Labute approximate surface area is 334 Å².